The molecule has 0 saturated carbocycles. The van der Waals surface area contributed by atoms with E-state index in [0.29, 0.717) is 5.56 Å². The van der Waals surface area contributed by atoms with Gasteiger partial charge in [0.2, 0.25) is 0 Å². The summed E-state index contributed by atoms with van der Waals surface area (Å²) in [5.74, 6) is -0.399. The summed E-state index contributed by atoms with van der Waals surface area (Å²) in [6, 6.07) is 9.77. The second-order valence-electron chi connectivity index (χ2n) is 5.56. The van der Waals surface area contributed by atoms with Crippen LogP contribution < -0.4 is 16.7 Å². The van der Waals surface area contributed by atoms with Gasteiger partial charge in [-0.3, -0.25) is 9.36 Å². The fourth-order valence-corrected chi connectivity index (χ4v) is 2.58. The van der Waals surface area contributed by atoms with Crippen LogP contribution in [0.5, 0.6) is 0 Å². The summed E-state index contributed by atoms with van der Waals surface area (Å²) in [7, 11) is 0. The number of aromatic nitrogens is 2. The van der Waals surface area contributed by atoms with E-state index in [-0.39, 0.29) is 12.4 Å². The number of amides is 1. The van der Waals surface area contributed by atoms with Crippen molar-refractivity contribution < 1.29 is 19.0 Å². The monoisotopic (exact) mass is 348 g/mol. The first-order valence-corrected chi connectivity index (χ1v) is 7.64. The van der Waals surface area contributed by atoms with Crippen molar-refractivity contribution in [3.05, 3.63) is 58.6 Å². The van der Waals surface area contributed by atoms with Gasteiger partial charge < -0.3 is 20.9 Å². The van der Waals surface area contributed by atoms with Crippen molar-refractivity contribution in [3.63, 3.8) is 0 Å². The van der Waals surface area contributed by atoms with Crippen LogP contribution in [0.3, 0.4) is 0 Å². The number of carbonyl (C=O) groups excluding carboxylic acids is 1. The SMILES string of the molecule is NC[C@H]1O[C@@H](n2ccc(NC(=O)c3ccccc3)nc2=O)C(F)C1O. The molecule has 8 nitrogen and oxygen atoms in total. The van der Waals surface area contributed by atoms with Crippen molar-refractivity contribution in [1.82, 2.24) is 9.55 Å². The van der Waals surface area contributed by atoms with Crippen LogP contribution in [0.2, 0.25) is 0 Å². The van der Waals surface area contributed by atoms with Crippen LogP contribution in [0.1, 0.15) is 16.6 Å². The van der Waals surface area contributed by atoms with Gasteiger partial charge in [-0.05, 0) is 18.2 Å². The van der Waals surface area contributed by atoms with E-state index in [4.69, 9.17) is 10.5 Å². The number of benzene rings is 1. The molecular weight excluding hydrogens is 331 g/mol. The first-order valence-electron chi connectivity index (χ1n) is 7.64. The number of aliphatic hydroxyl groups excluding tert-OH is 1. The molecule has 1 aliphatic heterocycles. The zero-order valence-corrected chi connectivity index (χ0v) is 13.1. The van der Waals surface area contributed by atoms with Crippen LogP contribution in [-0.2, 0) is 4.74 Å². The fraction of sp³-hybridized carbons (Fsp3) is 0.312. The lowest BCUT2D eigenvalue weighted by Gasteiger charge is -2.16. The van der Waals surface area contributed by atoms with Crippen molar-refractivity contribution in [2.24, 2.45) is 5.73 Å². The summed E-state index contributed by atoms with van der Waals surface area (Å²) in [6.45, 7) is -0.0779. The Balaban J connectivity index is 1.78. The highest BCUT2D eigenvalue weighted by atomic mass is 19.1. The number of anilines is 1. The number of halogens is 1. The van der Waals surface area contributed by atoms with E-state index in [1.54, 1.807) is 30.3 Å². The van der Waals surface area contributed by atoms with Gasteiger partial charge in [0.15, 0.2) is 12.4 Å². The largest absolute Gasteiger partial charge is 0.387 e. The molecule has 25 heavy (non-hydrogen) atoms. The number of hydrogen-bond donors (Lipinski definition) is 3. The van der Waals surface area contributed by atoms with Crippen LogP contribution in [0, 0.1) is 0 Å². The van der Waals surface area contributed by atoms with Gasteiger partial charge in [0.05, 0.1) is 0 Å². The van der Waals surface area contributed by atoms with Crippen molar-refractivity contribution >= 4 is 11.7 Å². The number of carbonyl (C=O) groups is 1. The number of alkyl halides is 1. The molecule has 132 valence electrons. The summed E-state index contributed by atoms with van der Waals surface area (Å²) in [6.07, 6.45) is -4.19. The Hall–Kier alpha value is -2.62. The van der Waals surface area contributed by atoms with Gasteiger partial charge in [0.1, 0.15) is 18.0 Å². The van der Waals surface area contributed by atoms with E-state index in [1.165, 1.54) is 12.3 Å². The van der Waals surface area contributed by atoms with Gasteiger partial charge in [-0.2, -0.15) is 4.98 Å². The maximum atomic E-state index is 14.1. The molecule has 0 aliphatic carbocycles. The lowest BCUT2D eigenvalue weighted by Crippen LogP contribution is -2.34. The predicted octanol–water partition coefficient (Wildman–Crippen LogP) is 0.0507. The smallest absolute Gasteiger partial charge is 0.351 e. The third-order valence-corrected chi connectivity index (χ3v) is 3.91. The number of aliphatic hydroxyl groups is 1. The number of hydrogen-bond acceptors (Lipinski definition) is 6. The predicted molar refractivity (Wildman–Crippen MR) is 86.8 cm³/mol. The van der Waals surface area contributed by atoms with E-state index >= 15 is 0 Å². The van der Waals surface area contributed by atoms with Crippen LogP contribution in [-0.4, -0.2) is 45.5 Å². The van der Waals surface area contributed by atoms with Crippen molar-refractivity contribution in [2.75, 3.05) is 11.9 Å². The quantitative estimate of drug-likeness (QED) is 0.718. The van der Waals surface area contributed by atoms with Gasteiger partial charge in [0, 0.05) is 18.3 Å². The maximum Gasteiger partial charge on any atom is 0.351 e. The summed E-state index contributed by atoms with van der Waals surface area (Å²) >= 11 is 0. The second-order valence-corrected chi connectivity index (χ2v) is 5.56. The van der Waals surface area contributed by atoms with Gasteiger partial charge in [-0.1, -0.05) is 18.2 Å². The molecule has 1 aromatic carbocycles. The zero-order chi connectivity index (χ0) is 18.0. The molecule has 4 N–H and O–H groups in total. The molecule has 4 atom stereocenters. The van der Waals surface area contributed by atoms with Crippen molar-refractivity contribution in [2.45, 2.75) is 24.6 Å². The van der Waals surface area contributed by atoms with Gasteiger partial charge >= 0.3 is 5.69 Å². The number of nitrogens with one attached hydrogen (secondary N) is 1. The van der Waals surface area contributed by atoms with Gasteiger partial charge in [0.25, 0.3) is 5.91 Å². The van der Waals surface area contributed by atoms with Crippen LogP contribution in [0.25, 0.3) is 0 Å². The normalized spacial score (nSPS) is 25.7. The van der Waals surface area contributed by atoms with E-state index in [1.807, 2.05) is 0 Å². The molecule has 1 aromatic heterocycles. The second kappa shape index (κ2) is 7.09. The molecule has 9 heteroatoms. The average molecular weight is 348 g/mol. The minimum Gasteiger partial charge on any atom is -0.387 e. The Labute approximate surface area is 142 Å². The molecule has 1 saturated heterocycles. The third-order valence-electron chi connectivity index (χ3n) is 3.91. The molecule has 0 bridgehead atoms. The first-order chi connectivity index (χ1) is 12.0. The van der Waals surface area contributed by atoms with Crippen LogP contribution in [0.15, 0.2) is 47.4 Å². The molecule has 3 rings (SSSR count). The topological polar surface area (TPSA) is 119 Å². The molecule has 0 spiro atoms. The summed E-state index contributed by atoms with van der Waals surface area (Å²) in [5.41, 5.74) is 4.99. The van der Waals surface area contributed by atoms with Crippen molar-refractivity contribution in [3.8, 4) is 0 Å². The maximum absolute atomic E-state index is 14.1. The minimum absolute atomic E-state index is 0.0273. The Morgan fingerprint density at radius 1 is 1.36 bits per heavy atom. The summed E-state index contributed by atoms with van der Waals surface area (Å²) < 4.78 is 20.3. The lowest BCUT2D eigenvalue weighted by molar-refractivity contribution is -0.0224. The molecule has 0 radical (unpaired) electrons. The Kier molecular flexibility index (Phi) is 4.88. The summed E-state index contributed by atoms with van der Waals surface area (Å²) in [4.78, 5) is 27.9. The van der Waals surface area contributed by atoms with Gasteiger partial charge in [-0.25, -0.2) is 9.18 Å². The fourth-order valence-electron chi connectivity index (χ4n) is 2.58. The lowest BCUT2D eigenvalue weighted by atomic mass is 10.1. The highest BCUT2D eigenvalue weighted by Crippen LogP contribution is 2.30. The van der Waals surface area contributed by atoms with Crippen LogP contribution >= 0.6 is 0 Å². The molecule has 2 aromatic rings. The molecule has 2 heterocycles. The molecular formula is C16H17FN4O4. The number of nitrogens with two attached hydrogens (primary N) is 1. The molecule has 1 fully saturated rings. The number of nitrogens with zero attached hydrogens (tertiary/aromatic N) is 2. The van der Waals surface area contributed by atoms with Gasteiger partial charge in [-0.15, -0.1) is 0 Å². The molecule has 2 unspecified atom stereocenters. The average Bonchev–Trinajstić information content (AvgIpc) is 2.91. The van der Waals surface area contributed by atoms with E-state index < -0.39 is 36.2 Å². The number of ether oxygens (including phenoxy) is 1. The highest BCUT2D eigenvalue weighted by Gasteiger charge is 2.44. The van der Waals surface area contributed by atoms with Crippen molar-refractivity contribution in [1.29, 1.82) is 0 Å². The zero-order valence-electron chi connectivity index (χ0n) is 13.1. The van der Waals surface area contributed by atoms with E-state index in [9.17, 15) is 19.1 Å². The number of rotatable bonds is 4. The molecule has 1 amide bonds. The van der Waals surface area contributed by atoms with Crippen LogP contribution in [0.4, 0.5) is 10.2 Å². The minimum atomic E-state index is -1.81. The molecule has 1 aliphatic rings. The Bertz CT molecular complexity index is 813. The first kappa shape index (κ1) is 17.2. The summed E-state index contributed by atoms with van der Waals surface area (Å²) in [5, 5.41) is 12.2. The van der Waals surface area contributed by atoms with E-state index in [2.05, 4.69) is 10.3 Å². The Morgan fingerprint density at radius 2 is 2.08 bits per heavy atom. The highest BCUT2D eigenvalue weighted by molar-refractivity contribution is 6.03. The third kappa shape index (κ3) is 3.43. The van der Waals surface area contributed by atoms with E-state index in [0.717, 1.165) is 4.57 Å². The standard InChI is InChI=1S/C16H17FN4O4/c17-12-13(22)10(8-18)25-15(12)21-7-6-11(20-16(21)24)19-14(23)9-4-2-1-3-5-9/h1-7,10,12-13,15,22H,8,18H2,(H,19,20,23,24)/t10-,12?,13?,15-/m1/s1. The Morgan fingerprint density at radius 3 is 2.68 bits per heavy atom.